The molecule has 4 nitrogen and oxygen atoms in total. The molecule has 0 atom stereocenters. The molecule has 90 valence electrons. The van der Waals surface area contributed by atoms with Gasteiger partial charge in [-0.05, 0) is 18.2 Å². The van der Waals surface area contributed by atoms with Crippen molar-refractivity contribution in [3.63, 3.8) is 0 Å². The fraction of sp³-hybridized carbons (Fsp3) is 0.273. The number of anilines is 1. The summed E-state index contributed by atoms with van der Waals surface area (Å²) in [5, 5.41) is 3.45. The molecule has 1 aliphatic rings. The van der Waals surface area contributed by atoms with Gasteiger partial charge in [-0.3, -0.25) is 9.59 Å². The zero-order valence-electron chi connectivity index (χ0n) is 8.87. The van der Waals surface area contributed by atoms with Gasteiger partial charge in [-0.15, -0.1) is 0 Å². The van der Waals surface area contributed by atoms with Crippen molar-refractivity contribution < 1.29 is 9.59 Å². The van der Waals surface area contributed by atoms with Gasteiger partial charge in [-0.25, -0.2) is 0 Å². The number of carbonyl (C=O) groups is 2. The number of benzene rings is 1. The molecule has 1 aromatic rings. The predicted molar refractivity (Wildman–Crippen MR) is 66.4 cm³/mol. The van der Waals surface area contributed by atoms with E-state index in [1.807, 2.05) is 0 Å². The van der Waals surface area contributed by atoms with Gasteiger partial charge < -0.3 is 10.2 Å². The minimum atomic E-state index is -0.172. The Bertz CT molecular complexity index is 456. The maximum absolute atomic E-state index is 11.8. The van der Waals surface area contributed by atoms with E-state index < -0.39 is 0 Å². The van der Waals surface area contributed by atoms with E-state index in [2.05, 4.69) is 5.32 Å². The Morgan fingerprint density at radius 1 is 1.12 bits per heavy atom. The molecule has 1 aliphatic heterocycles. The third-order valence-electron chi connectivity index (χ3n) is 2.46. The number of carbonyl (C=O) groups excluding carboxylic acids is 2. The highest BCUT2D eigenvalue weighted by atomic mass is 35.5. The van der Waals surface area contributed by atoms with Crippen LogP contribution in [0.1, 0.15) is 6.42 Å². The summed E-state index contributed by atoms with van der Waals surface area (Å²) in [6.45, 7) is 0.338. The molecule has 17 heavy (non-hydrogen) atoms. The van der Waals surface area contributed by atoms with Crippen molar-refractivity contribution in [2.75, 3.05) is 18.0 Å². The molecule has 1 fully saturated rings. The van der Waals surface area contributed by atoms with Crippen molar-refractivity contribution in [2.45, 2.75) is 6.42 Å². The fourth-order valence-electron chi connectivity index (χ4n) is 1.66. The van der Waals surface area contributed by atoms with Crippen LogP contribution in [0.4, 0.5) is 5.69 Å². The maximum Gasteiger partial charge on any atom is 0.246 e. The summed E-state index contributed by atoms with van der Waals surface area (Å²) in [7, 11) is 0. The second kappa shape index (κ2) is 4.94. The van der Waals surface area contributed by atoms with E-state index in [1.54, 1.807) is 18.2 Å². The molecular formula is C11H10Cl2N2O2. The Morgan fingerprint density at radius 2 is 1.76 bits per heavy atom. The highest BCUT2D eigenvalue weighted by molar-refractivity contribution is 6.35. The Labute approximate surface area is 108 Å². The Morgan fingerprint density at radius 3 is 2.41 bits per heavy atom. The Hall–Kier alpha value is -1.26. The average Bonchev–Trinajstić information content (AvgIpc) is 2.40. The molecule has 1 saturated heterocycles. The average molecular weight is 273 g/mol. The first-order valence-electron chi connectivity index (χ1n) is 5.09. The summed E-state index contributed by atoms with van der Waals surface area (Å²) >= 11 is 11.8. The highest BCUT2D eigenvalue weighted by Gasteiger charge is 2.21. The van der Waals surface area contributed by atoms with E-state index in [0.717, 1.165) is 0 Å². The van der Waals surface area contributed by atoms with Crippen LogP contribution in [0.25, 0.3) is 0 Å². The number of amides is 2. The number of rotatable bonds is 1. The fourth-order valence-corrected chi connectivity index (χ4v) is 2.18. The molecule has 0 radical (unpaired) electrons. The summed E-state index contributed by atoms with van der Waals surface area (Å²) < 4.78 is 0. The normalized spacial score (nSPS) is 16.7. The van der Waals surface area contributed by atoms with E-state index in [-0.39, 0.29) is 24.8 Å². The second-order valence-corrected chi connectivity index (χ2v) is 4.57. The van der Waals surface area contributed by atoms with E-state index in [1.165, 1.54) is 4.90 Å². The number of hydrogen-bond acceptors (Lipinski definition) is 2. The molecule has 0 bridgehead atoms. The first kappa shape index (κ1) is 12.2. The van der Waals surface area contributed by atoms with Gasteiger partial charge in [0.1, 0.15) is 0 Å². The molecule has 0 unspecified atom stereocenters. The van der Waals surface area contributed by atoms with Gasteiger partial charge in [-0.2, -0.15) is 0 Å². The topological polar surface area (TPSA) is 49.4 Å². The lowest BCUT2D eigenvalue weighted by molar-refractivity contribution is -0.123. The van der Waals surface area contributed by atoms with Gasteiger partial charge in [0.2, 0.25) is 11.8 Å². The van der Waals surface area contributed by atoms with Crippen LogP contribution < -0.4 is 10.2 Å². The molecule has 2 rings (SSSR count). The lowest BCUT2D eigenvalue weighted by atomic mass is 10.2. The van der Waals surface area contributed by atoms with Crippen molar-refractivity contribution in [2.24, 2.45) is 0 Å². The predicted octanol–water partition coefficient (Wildman–Crippen LogP) is 1.85. The molecule has 0 aliphatic carbocycles. The zero-order valence-corrected chi connectivity index (χ0v) is 10.4. The summed E-state index contributed by atoms with van der Waals surface area (Å²) in [6.07, 6.45) is 0.274. The van der Waals surface area contributed by atoms with Crippen LogP contribution in [0.3, 0.4) is 0 Å². The summed E-state index contributed by atoms with van der Waals surface area (Å²) in [5.74, 6) is -0.303. The van der Waals surface area contributed by atoms with Crippen LogP contribution in [-0.4, -0.2) is 24.9 Å². The lowest BCUT2D eigenvalue weighted by Crippen LogP contribution is -2.35. The molecule has 6 heteroatoms. The zero-order chi connectivity index (χ0) is 12.4. The van der Waals surface area contributed by atoms with Gasteiger partial charge in [0.05, 0.1) is 6.54 Å². The van der Waals surface area contributed by atoms with Crippen molar-refractivity contribution in [1.82, 2.24) is 5.32 Å². The molecule has 1 N–H and O–H groups in total. The van der Waals surface area contributed by atoms with Gasteiger partial charge in [0.15, 0.2) is 0 Å². The van der Waals surface area contributed by atoms with Crippen LogP contribution >= 0.6 is 23.2 Å². The van der Waals surface area contributed by atoms with Crippen LogP contribution in [-0.2, 0) is 9.59 Å². The summed E-state index contributed by atoms with van der Waals surface area (Å²) in [6, 6.07) is 4.90. The molecule has 0 spiro atoms. The molecule has 0 saturated carbocycles. The van der Waals surface area contributed by atoms with Gasteiger partial charge >= 0.3 is 0 Å². The summed E-state index contributed by atoms with van der Waals surface area (Å²) in [4.78, 5) is 24.5. The summed E-state index contributed by atoms with van der Waals surface area (Å²) in [5.41, 5.74) is 0.615. The van der Waals surface area contributed by atoms with Crippen LogP contribution in [0, 0.1) is 0 Å². The SMILES string of the molecule is O=C1CCN(c2cc(Cl)cc(Cl)c2)C(=O)CN1. The first-order chi connectivity index (χ1) is 8.06. The van der Waals surface area contributed by atoms with E-state index in [9.17, 15) is 9.59 Å². The third-order valence-corrected chi connectivity index (χ3v) is 2.90. The number of hydrogen-bond donors (Lipinski definition) is 1. The highest BCUT2D eigenvalue weighted by Crippen LogP contribution is 2.26. The third kappa shape index (κ3) is 2.90. The van der Waals surface area contributed by atoms with Gasteiger partial charge in [0.25, 0.3) is 0 Å². The standard InChI is InChI=1S/C11H10Cl2N2O2/c12-7-3-8(13)5-9(4-7)15-2-1-10(16)14-6-11(15)17/h3-5H,1-2,6H2,(H,14,16). The van der Waals surface area contributed by atoms with Gasteiger partial charge in [0, 0.05) is 28.7 Å². The van der Waals surface area contributed by atoms with Crippen molar-refractivity contribution in [3.8, 4) is 0 Å². The van der Waals surface area contributed by atoms with Gasteiger partial charge in [-0.1, -0.05) is 23.2 Å². The maximum atomic E-state index is 11.8. The Kier molecular flexibility index (Phi) is 3.54. The second-order valence-electron chi connectivity index (χ2n) is 3.70. The molecule has 1 heterocycles. The molecule has 1 aromatic carbocycles. The van der Waals surface area contributed by atoms with Crippen LogP contribution in [0.2, 0.25) is 10.0 Å². The smallest absolute Gasteiger partial charge is 0.246 e. The quantitative estimate of drug-likeness (QED) is 0.848. The number of nitrogens with zero attached hydrogens (tertiary/aromatic N) is 1. The molecule has 0 aromatic heterocycles. The van der Waals surface area contributed by atoms with Crippen molar-refractivity contribution in [1.29, 1.82) is 0 Å². The molecule has 2 amide bonds. The van der Waals surface area contributed by atoms with E-state index in [0.29, 0.717) is 22.3 Å². The largest absolute Gasteiger partial charge is 0.347 e. The van der Waals surface area contributed by atoms with Crippen molar-refractivity contribution >= 4 is 40.7 Å². The first-order valence-corrected chi connectivity index (χ1v) is 5.85. The van der Waals surface area contributed by atoms with E-state index in [4.69, 9.17) is 23.2 Å². The molecular weight excluding hydrogens is 263 g/mol. The minimum Gasteiger partial charge on any atom is -0.347 e. The van der Waals surface area contributed by atoms with Crippen LogP contribution in [0.5, 0.6) is 0 Å². The number of nitrogens with one attached hydrogen (secondary N) is 1. The monoisotopic (exact) mass is 272 g/mol. The van der Waals surface area contributed by atoms with E-state index >= 15 is 0 Å². The van der Waals surface area contributed by atoms with Crippen molar-refractivity contribution in [3.05, 3.63) is 28.2 Å². The lowest BCUT2D eigenvalue weighted by Gasteiger charge is -2.20. The minimum absolute atomic E-state index is 0.00294. The Balaban J connectivity index is 2.30. The number of halogens is 2. The van der Waals surface area contributed by atoms with Crippen LogP contribution in [0.15, 0.2) is 18.2 Å².